The highest BCUT2D eigenvalue weighted by atomic mass is 14.9. The Morgan fingerprint density at radius 3 is 2.53 bits per heavy atom. The Bertz CT molecular complexity index is 530. The van der Waals surface area contributed by atoms with E-state index in [-0.39, 0.29) is 5.41 Å². The van der Waals surface area contributed by atoms with Gasteiger partial charge in [-0.2, -0.15) is 0 Å². The van der Waals surface area contributed by atoms with E-state index < -0.39 is 0 Å². The Morgan fingerprint density at radius 2 is 1.94 bits per heavy atom. The van der Waals surface area contributed by atoms with Gasteiger partial charge in [-0.3, -0.25) is 0 Å². The minimum atomic E-state index is 0.209. The van der Waals surface area contributed by atoms with Crippen molar-refractivity contribution in [2.75, 3.05) is 7.05 Å². The van der Waals surface area contributed by atoms with Crippen molar-refractivity contribution >= 4 is 10.9 Å². The second-order valence-corrected chi connectivity index (χ2v) is 5.77. The maximum absolute atomic E-state index is 3.48. The van der Waals surface area contributed by atoms with Crippen LogP contribution in [0.2, 0.25) is 0 Å². The predicted molar refractivity (Wildman–Crippen MR) is 74.5 cm³/mol. The van der Waals surface area contributed by atoms with Crippen molar-refractivity contribution in [3.05, 3.63) is 35.0 Å². The van der Waals surface area contributed by atoms with Crippen LogP contribution in [0.4, 0.5) is 0 Å². The minimum absolute atomic E-state index is 0.209. The van der Waals surface area contributed by atoms with Gasteiger partial charge >= 0.3 is 0 Å². The number of fused-ring (bicyclic) bond motifs is 1. The number of aromatic nitrogens is 1. The summed E-state index contributed by atoms with van der Waals surface area (Å²) in [7, 11) is 1.98. The van der Waals surface area contributed by atoms with Crippen molar-refractivity contribution in [1.82, 2.24) is 10.3 Å². The third kappa shape index (κ3) is 2.22. The van der Waals surface area contributed by atoms with E-state index in [0.29, 0.717) is 0 Å². The first-order chi connectivity index (χ1) is 7.93. The summed E-state index contributed by atoms with van der Waals surface area (Å²) in [6.07, 6.45) is 0. The Morgan fingerprint density at radius 1 is 1.24 bits per heavy atom. The molecule has 0 bridgehead atoms. The summed E-state index contributed by atoms with van der Waals surface area (Å²) in [4.78, 5) is 3.48. The van der Waals surface area contributed by atoms with Gasteiger partial charge in [-0.25, -0.2) is 0 Å². The van der Waals surface area contributed by atoms with E-state index in [1.165, 1.54) is 27.7 Å². The Kier molecular flexibility index (Phi) is 3.00. The molecule has 2 heteroatoms. The molecule has 0 aliphatic heterocycles. The molecule has 0 radical (unpaired) electrons. The number of H-pyrrole nitrogens is 1. The predicted octanol–water partition coefficient (Wildman–Crippen LogP) is 3.49. The minimum Gasteiger partial charge on any atom is -0.357 e. The van der Waals surface area contributed by atoms with Crippen molar-refractivity contribution in [2.45, 2.75) is 39.7 Å². The van der Waals surface area contributed by atoms with Crippen molar-refractivity contribution in [1.29, 1.82) is 0 Å². The lowest BCUT2D eigenvalue weighted by molar-refractivity contribution is 0.591. The summed E-state index contributed by atoms with van der Waals surface area (Å²) in [5.41, 5.74) is 5.49. The molecule has 92 valence electrons. The standard InChI is InChI=1S/C15H22N2/c1-10-12-8-11(15(2,3)4)6-7-13(12)17-14(10)9-16-5/h6-8,16-17H,9H2,1-5H3. The molecule has 0 amide bonds. The van der Waals surface area contributed by atoms with E-state index >= 15 is 0 Å². The van der Waals surface area contributed by atoms with Crippen LogP contribution in [0.1, 0.15) is 37.6 Å². The number of benzene rings is 1. The maximum atomic E-state index is 3.48. The average Bonchev–Trinajstić information content (AvgIpc) is 2.55. The molecular weight excluding hydrogens is 208 g/mol. The van der Waals surface area contributed by atoms with Gasteiger partial charge in [-0.05, 0) is 42.6 Å². The summed E-state index contributed by atoms with van der Waals surface area (Å²) in [5, 5.41) is 4.55. The second kappa shape index (κ2) is 4.19. The Hall–Kier alpha value is -1.28. The number of aromatic amines is 1. The average molecular weight is 230 g/mol. The summed E-state index contributed by atoms with van der Waals surface area (Å²) < 4.78 is 0. The van der Waals surface area contributed by atoms with Crippen LogP contribution >= 0.6 is 0 Å². The van der Waals surface area contributed by atoms with Crippen LogP contribution in [-0.4, -0.2) is 12.0 Å². The van der Waals surface area contributed by atoms with Crippen LogP contribution in [0.5, 0.6) is 0 Å². The lowest BCUT2D eigenvalue weighted by atomic mass is 9.86. The fourth-order valence-corrected chi connectivity index (χ4v) is 2.20. The van der Waals surface area contributed by atoms with Gasteiger partial charge in [0.1, 0.15) is 0 Å². The fraction of sp³-hybridized carbons (Fsp3) is 0.467. The highest BCUT2D eigenvalue weighted by Crippen LogP contribution is 2.28. The molecule has 1 heterocycles. The van der Waals surface area contributed by atoms with Crippen LogP contribution < -0.4 is 5.32 Å². The molecular formula is C15H22N2. The third-order valence-corrected chi connectivity index (χ3v) is 3.38. The maximum Gasteiger partial charge on any atom is 0.0459 e. The van der Waals surface area contributed by atoms with Gasteiger partial charge in [0.15, 0.2) is 0 Å². The fourth-order valence-electron chi connectivity index (χ4n) is 2.20. The van der Waals surface area contributed by atoms with E-state index in [0.717, 1.165) is 6.54 Å². The lowest BCUT2D eigenvalue weighted by Crippen LogP contribution is -2.10. The monoisotopic (exact) mass is 230 g/mol. The highest BCUT2D eigenvalue weighted by molar-refractivity contribution is 5.85. The van der Waals surface area contributed by atoms with Crippen molar-refractivity contribution < 1.29 is 0 Å². The van der Waals surface area contributed by atoms with E-state index in [1.807, 2.05) is 7.05 Å². The zero-order valence-corrected chi connectivity index (χ0v) is 11.4. The van der Waals surface area contributed by atoms with Crippen molar-refractivity contribution in [3.8, 4) is 0 Å². The normalized spacial score (nSPS) is 12.3. The molecule has 2 rings (SSSR count). The van der Waals surface area contributed by atoms with Gasteiger partial charge in [-0.1, -0.05) is 26.8 Å². The molecule has 0 fully saturated rings. The molecule has 2 aromatic rings. The van der Waals surface area contributed by atoms with Gasteiger partial charge in [-0.15, -0.1) is 0 Å². The molecule has 0 saturated carbocycles. The van der Waals surface area contributed by atoms with Gasteiger partial charge < -0.3 is 10.3 Å². The van der Waals surface area contributed by atoms with E-state index in [2.05, 4.69) is 56.2 Å². The molecule has 0 aliphatic rings. The number of hydrogen-bond acceptors (Lipinski definition) is 1. The smallest absolute Gasteiger partial charge is 0.0459 e. The number of rotatable bonds is 2. The molecule has 1 aromatic carbocycles. The van der Waals surface area contributed by atoms with Crippen LogP contribution in [0.15, 0.2) is 18.2 Å². The lowest BCUT2D eigenvalue weighted by Gasteiger charge is -2.18. The van der Waals surface area contributed by atoms with Gasteiger partial charge in [0.05, 0.1) is 0 Å². The first-order valence-electron chi connectivity index (χ1n) is 6.20. The van der Waals surface area contributed by atoms with E-state index in [4.69, 9.17) is 0 Å². The Balaban J connectivity index is 2.57. The first-order valence-corrected chi connectivity index (χ1v) is 6.20. The molecule has 2 N–H and O–H groups in total. The molecule has 0 spiro atoms. The largest absolute Gasteiger partial charge is 0.357 e. The zero-order chi connectivity index (χ0) is 12.6. The quantitative estimate of drug-likeness (QED) is 0.812. The van der Waals surface area contributed by atoms with E-state index in [1.54, 1.807) is 0 Å². The summed E-state index contributed by atoms with van der Waals surface area (Å²) in [5.74, 6) is 0. The molecule has 0 unspecified atom stereocenters. The number of nitrogens with one attached hydrogen (secondary N) is 2. The molecule has 0 aliphatic carbocycles. The number of aryl methyl sites for hydroxylation is 1. The highest BCUT2D eigenvalue weighted by Gasteiger charge is 2.15. The Labute approximate surface area is 103 Å². The second-order valence-electron chi connectivity index (χ2n) is 5.77. The first kappa shape index (κ1) is 12.2. The van der Waals surface area contributed by atoms with Crippen LogP contribution in [0, 0.1) is 6.92 Å². The summed E-state index contributed by atoms with van der Waals surface area (Å²) in [6, 6.07) is 6.74. The van der Waals surface area contributed by atoms with Crippen molar-refractivity contribution in [3.63, 3.8) is 0 Å². The SMILES string of the molecule is CNCc1[nH]c2ccc(C(C)(C)C)cc2c1C. The van der Waals surface area contributed by atoms with Crippen LogP contribution in [0.25, 0.3) is 10.9 Å². The van der Waals surface area contributed by atoms with Crippen LogP contribution in [0.3, 0.4) is 0 Å². The summed E-state index contributed by atoms with van der Waals surface area (Å²) in [6.45, 7) is 9.85. The van der Waals surface area contributed by atoms with Crippen molar-refractivity contribution in [2.24, 2.45) is 0 Å². The molecule has 17 heavy (non-hydrogen) atoms. The molecule has 2 nitrogen and oxygen atoms in total. The van der Waals surface area contributed by atoms with E-state index in [9.17, 15) is 0 Å². The van der Waals surface area contributed by atoms with Gasteiger partial charge in [0.25, 0.3) is 0 Å². The van der Waals surface area contributed by atoms with Gasteiger partial charge in [0.2, 0.25) is 0 Å². The molecule has 0 saturated heterocycles. The third-order valence-electron chi connectivity index (χ3n) is 3.38. The number of hydrogen-bond donors (Lipinski definition) is 2. The molecule has 1 aromatic heterocycles. The zero-order valence-electron chi connectivity index (χ0n) is 11.4. The summed E-state index contributed by atoms with van der Waals surface area (Å²) >= 11 is 0. The molecule has 0 atom stereocenters. The topological polar surface area (TPSA) is 27.8 Å². The van der Waals surface area contributed by atoms with Crippen LogP contribution in [-0.2, 0) is 12.0 Å². The van der Waals surface area contributed by atoms with Gasteiger partial charge in [0, 0.05) is 23.1 Å².